The van der Waals surface area contributed by atoms with E-state index < -0.39 is 11.0 Å². The first-order valence-corrected chi connectivity index (χ1v) is 11.3. The summed E-state index contributed by atoms with van der Waals surface area (Å²) < 4.78 is 15.0. The molecule has 2 aromatic carbocycles. The lowest BCUT2D eigenvalue weighted by molar-refractivity contribution is 0.407. The number of anilines is 3. The van der Waals surface area contributed by atoms with Crippen LogP contribution in [-0.2, 0) is 11.0 Å². The van der Waals surface area contributed by atoms with E-state index in [1.807, 2.05) is 60.6 Å². The van der Waals surface area contributed by atoms with Crippen LogP contribution in [-0.4, -0.2) is 44.7 Å². The minimum atomic E-state index is -1.14. The van der Waals surface area contributed by atoms with Crippen LogP contribution < -0.4 is 10.2 Å². The Kier molecular flexibility index (Phi) is 6.11. The second-order valence-corrected chi connectivity index (χ2v) is 9.07. The van der Waals surface area contributed by atoms with Gasteiger partial charge in [0.05, 0.1) is 4.90 Å². The number of piperazine rings is 1. The van der Waals surface area contributed by atoms with Crippen LogP contribution in [0.3, 0.4) is 0 Å². The monoisotopic (exact) mass is 421 g/mol. The molecule has 1 N–H and O–H groups in total. The zero-order valence-corrected chi connectivity index (χ0v) is 18.4. The Hall–Kier alpha value is -2.77. The third-order valence-electron chi connectivity index (χ3n) is 5.20. The van der Waals surface area contributed by atoms with E-state index in [1.54, 1.807) is 0 Å². The van der Waals surface area contributed by atoms with Crippen molar-refractivity contribution in [3.05, 3.63) is 71.4 Å². The fourth-order valence-corrected chi connectivity index (χ4v) is 4.80. The lowest BCUT2D eigenvalue weighted by Crippen LogP contribution is -2.47. The highest BCUT2D eigenvalue weighted by molar-refractivity contribution is 7.82. The number of aromatic nitrogens is 2. The normalized spacial score (nSPS) is 15.8. The van der Waals surface area contributed by atoms with E-state index in [-0.39, 0.29) is 0 Å². The number of hydrogen-bond acceptors (Lipinski definition) is 5. The molecular formula is C23H27N5OS. The predicted octanol–water partition coefficient (Wildman–Crippen LogP) is 3.99. The zero-order chi connectivity index (χ0) is 21.1. The van der Waals surface area contributed by atoms with Crippen LogP contribution >= 0.6 is 0 Å². The van der Waals surface area contributed by atoms with Crippen LogP contribution in [0.15, 0.2) is 59.5 Å². The predicted molar refractivity (Wildman–Crippen MR) is 123 cm³/mol. The first-order chi connectivity index (χ1) is 14.5. The van der Waals surface area contributed by atoms with Gasteiger partial charge in [0.15, 0.2) is 0 Å². The third kappa shape index (κ3) is 4.68. The molecule has 0 spiro atoms. The number of nitrogens with zero attached hydrogens (tertiary/aromatic N) is 4. The second-order valence-electron chi connectivity index (χ2n) is 7.62. The van der Waals surface area contributed by atoms with Crippen LogP contribution in [0.2, 0.25) is 0 Å². The molecule has 30 heavy (non-hydrogen) atoms. The van der Waals surface area contributed by atoms with E-state index >= 15 is 0 Å². The number of nitrogens with one attached hydrogen (secondary N) is 1. The summed E-state index contributed by atoms with van der Waals surface area (Å²) in [4.78, 5) is 12.4. The van der Waals surface area contributed by atoms with Crippen molar-refractivity contribution in [3.8, 4) is 0 Å². The van der Waals surface area contributed by atoms with Crippen molar-refractivity contribution in [3.63, 3.8) is 0 Å². The van der Waals surface area contributed by atoms with E-state index in [0.29, 0.717) is 19.0 Å². The van der Waals surface area contributed by atoms with Crippen molar-refractivity contribution >= 4 is 28.4 Å². The second kappa shape index (κ2) is 8.93. The van der Waals surface area contributed by atoms with Gasteiger partial charge in [-0.25, -0.2) is 13.5 Å². The van der Waals surface area contributed by atoms with Crippen molar-refractivity contribution in [2.24, 2.45) is 0 Å². The Morgan fingerprint density at radius 2 is 1.60 bits per heavy atom. The van der Waals surface area contributed by atoms with E-state index in [4.69, 9.17) is 4.98 Å². The molecule has 0 bridgehead atoms. The number of aryl methyl sites for hydroxylation is 3. The highest BCUT2D eigenvalue weighted by Crippen LogP contribution is 2.22. The van der Waals surface area contributed by atoms with E-state index in [9.17, 15) is 4.21 Å². The maximum atomic E-state index is 13.0. The molecule has 1 aliphatic heterocycles. The number of hydrogen-bond donors (Lipinski definition) is 1. The van der Waals surface area contributed by atoms with Gasteiger partial charge in [0, 0.05) is 43.6 Å². The molecule has 1 saturated heterocycles. The summed E-state index contributed by atoms with van der Waals surface area (Å²) >= 11 is 0. The molecule has 1 aromatic heterocycles. The first kappa shape index (κ1) is 20.5. The Bertz CT molecular complexity index is 1050. The van der Waals surface area contributed by atoms with Crippen molar-refractivity contribution in [1.82, 2.24) is 14.3 Å². The summed E-state index contributed by atoms with van der Waals surface area (Å²) in [6.07, 6.45) is 0. The van der Waals surface area contributed by atoms with Crippen molar-refractivity contribution < 1.29 is 4.21 Å². The summed E-state index contributed by atoms with van der Waals surface area (Å²) in [5.41, 5.74) is 4.21. The Morgan fingerprint density at radius 3 is 2.30 bits per heavy atom. The third-order valence-corrected chi connectivity index (χ3v) is 6.87. The van der Waals surface area contributed by atoms with Crippen molar-refractivity contribution in [2.45, 2.75) is 25.7 Å². The van der Waals surface area contributed by atoms with Gasteiger partial charge in [0.25, 0.3) is 0 Å². The van der Waals surface area contributed by atoms with Crippen LogP contribution in [0.1, 0.15) is 16.8 Å². The SMILES string of the molecule is Cc1ccc(Nc2cc(C)nc(N3CCN(S(=O)c4ccccc4C)CC3)n2)cc1. The average Bonchev–Trinajstić information content (AvgIpc) is 2.75. The van der Waals surface area contributed by atoms with Crippen LogP contribution in [0, 0.1) is 20.8 Å². The van der Waals surface area contributed by atoms with Gasteiger partial charge in [-0.15, -0.1) is 0 Å². The van der Waals surface area contributed by atoms with Gasteiger partial charge in [-0.2, -0.15) is 4.98 Å². The van der Waals surface area contributed by atoms with E-state index in [1.165, 1.54) is 5.56 Å². The molecule has 1 fully saturated rings. The average molecular weight is 422 g/mol. The summed E-state index contributed by atoms with van der Waals surface area (Å²) in [5.74, 6) is 1.50. The number of benzene rings is 2. The first-order valence-electron chi connectivity index (χ1n) is 10.2. The largest absolute Gasteiger partial charge is 0.340 e. The standard InChI is InChI=1S/C23H27N5OS/c1-17-8-10-20(11-9-17)25-22-16-19(3)24-23(26-22)27-12-14-28(15-13-27)30(29)21-7-5-4-6-18(21)2/h4-11,16H,12-15H2,1-3H3,(H,24,25,26). The Balaban J connectivity index is 1.44. The van der Waals surface area contributed by atoms with Gasteiger partial charge in [-0.3, -0.25) is 0 Å². The van der Waals surface area contributed by atoms with Gasteiger partial charge in [-0.1, -0.05) is 35.9 Å². The molecule has 6 nitrogen and oxygen atoms in total. The van der Waals surface area contributed by atoms with E-state index in [0.717, 1.165) is 40.7 Å². The van der Waals surface area contributed by atoms with Gasteiger partial charge in [-0.05, 0) is 44.5 Å². The molecular weight excluding hydrogens is 394 g/mol. The Labute approximate surface area is 180 Å². The lowest BCUT2D eigenvalue weighted by atomic mass is 10.2. The molecule has 3 aromatic rings. The maximum Gasteiger partial charge on any atom is 0.227 e. The summed E-state index contributed by atoms with van der Waals surface area (Å²) in [7, 11) is -1.14. The molecule has 0 amide bonds. The quantitative estimate of drug-likeness (QED) is 0.675. The topological polar surface area (TPSA) is 61.4 Å². The Morgan fingerprint density at radius 1 is 0.900 bits per heavy atom. The summed E-state index contributed by atoms with van der Waals surface area (Å²) in [6.45, 7) is 8.96. The minimum absolute atomic E-state index is 0.707. The zero-order valence-electron chi connectivity index (χ0n) is 17.6. The smallest absolute Gasteiger partial charge is 0.227 e. The summed E-state index contributed by atoms with van der Waals surface area (Å²) in [5, 5.41) is 3.37. The fraction of sp³-hybridized carbons (Fsp3) is 0.304. The molecule has 0 aliphatic carbocycles. The van der Waals surface area contributed by atoms with Crippen LogP contribution in [0.4, 0.5) is 17.5 Å². The molecule has 4 rings (SSSR count). The van der Waals surface area contributed by atoms with Crippen molar-refractivity contribution in [1.29, 1.82) is 0 Å². The highest BCUT2D eigenvalue weighted by Gasteiger charge is 2.24. The van der Waals surface area contributed by atoms with Gasteiger partial charge in [0.1, 0.15) is 16.8 Å². The molecule has 0 radical (unpaired) electrons. The van der Waals surface area contributed by atoms with Gasteiger partial charge in [0.2, 0.25) is 5.95 Å². The van der Waals surface area contributed by atoms with Crippen LogP contribution in [0.25, 0.3) is 0 Å². The van der Waals surface area contributed by atoms with Gasteiger partial charge < -0.3 is 10.2 Å². The molecule has 2 heterocycles. The minimum Gasteiger partial charge on any atom is -0.340 e. The molecule has 1 unspecified atom stereocenters. The molecule has 1 atom stereocenters. The van der Waals surface area contributed by atoms with E-state index in [2.05, 4.69) is 34.3 Å². The molecule has 0 saturated carbocycles. The molecule has 7 heteroatoms. The molecule has 156 valence electrons. The number of rotatable bonds is 5. The van der Waals surface area contributed by atoms with Gasteiger partial charge >= 0.3 is 0 Å². The highest BCUT2D eigenvalue weighted by atomic mass is 32.2. The summed E-state index contributed by atoms with van der Waals surface area (Å²) in [6, 6.07) is 18.1. The van der Waals surface area contributed by atoms with Crippen LogP contribution in [0.5, 0.6) is 0 Å². The van der Waals surface area contributed by atoms with Crippen molar-refractivity contribution in [2.75, 3.05) is 36.4 Å². The maximum absolute atomic E-state index is 13.0. The lowest BCUT2D eigenvalue weighted by Gasteiger charge is -2.34. The fourth-order valence-electron chi connectivity index (χ4n) is 3.49. The molecule has 1 aliphatic rings.